The Bertz CT molecular complexity index is 1180. The number of amides is 1. The molecule has 8 atom stereocenters. The van der Waals surface area contributed by atoms with Gasteiger partial charge in [-0.2, -0.15) is 8.42 Å². The lowest BCUT2D eigenvalue weighted by atomic mass is 9.99. The van der Waals surface area contributed by atoms with Gasteiger partial charge in [0.15, 0.2) is 6.29 Å². The summed E-state index contributed by atoms with van der Waals surface area (Å²) in [5.74, 6) is -0.721. The number of carbonyl (C=O) groups is 1. The van der Waals surface area contributed by atoms with Crippen LogP contribution in [0.1, 0.15) is 168 Å². The van der Waals surface area contributed by atoms with E-state index in [9.17, 15) is 38.7 Å². The number of aliphatic hydroxyl groups excluding tert-OH is 5. The van der Waals surface area contributed by atoms with Crippen molar-refractivity contribution in [3.8, 4) is 0 Å². The highest BCUT2D eigenvalue weighted by Gasteiger charge is 2.48. The number of ether oxygens (including phenoxy) is 2. The SMILES string of the molecule is CCCC/C=C/CC/C=C/C(O)C(COC1OC(CO)C(O)C(OS(=O)(=O)O)C1O)NC(=O)C(O)CCCCCCCC/C=C\CCCCCCCCCCCC. The van der Waals surface area contributed by atoms with E-state index in [1.54, 1.807) is 6.08 Å². The van der Waals surface area contributed by atoms with Gasteiger partial charge in [0, 0.05) is 0 Å². The second-order valence-electron chi connectivity index (χ2n) is 15.4. The van der Waals surface area contributed by atoms with Gasteiger partial charge in [0.05, 0.1) is 25.4 Å². The Kier molecular flexibility index (Phi) is 31.8. The van der Waals surface area contributed by atoms with E-state index < -0.39 is 78.5 Å². The topological polar surface area (TPSA) is 212 Å². The molecule has 1 heterocycles. The lowest BCUT2D eigenvalue weighted by molar-refractivity contribution is -0.298. The van der Waals surface area contributed by atoms with Crippen LogP contribution in [0.5, 0.6) is 0 Å². The second-order valence-corrected chi connectivity index (χ2v) is 16.5. The molecule has 0 aromatic rings. The normalized spacial score (nSPS) is 22.1. The molecule has 8 unspecified atom stereocenters. The van der Waals surface area contributed by atoms with Crippen LogP contribution in [0, 0.1) is 0 Å². The molecule has 1 fully saturated rings. The lowest BCUT2D eigenvalue weighted by Crippen LogP contribution is -2.61. The van der Waals surface area contributed by atoms with Crippen molar-refractivity contribution in [1.82, 2.24) is 5.32 Å². The number of carbonyl (C=O) groups excluding carboxylic acids is 1. The fourth-order valence-corrected chi connectivity index (χ4v) is 7.20. The maximum Gasteiger partial charge on any atom is 0.397 e. The van der Waals surface area contributed by atoms with E-state index in [0.717, 1.165) is 70.6 Å². The molecule has 334 valence electrons. The Labute approximate surface area is 344 Å². The fraction of sp³-hybridized carbons (Fsp3) is 0.837. The smallest absolute Gasteiger partial charge is 0.394 e. The number of aliphatic hydroxyl groups is 5. The molecule has 0 spiro atoms. The summed E-state index contributed by atoms with van der Waals surface area (Å²) in [6.45, 7) is 3.09. The molecule has 1 aliphatic heterocycles. The highest BCUT2D eigenvalue weighted by Crippen LogP contribution is 2.26. The predicted octanol–water partition coefficient (Wildman–Crippen LogP) is 6.91. The maximum absolute atomic E-state index is 13.0. The summed E-state index contributed by atoms with van der Waals surface area (Å²) in [6, 6.07) is -1.14. The summed E-state index contributed by atoms with van der Waals surface area (Å²) in [7, 11) is -5.12. The zero-order valence-electron chi connectivity index (χ0n) is 35.0. The Balaban J connectivity index is 2.51. The average molecular weight is 834 g/mol. The van der Waals surface area contributed by atoms with Gasteiger partial charge in [-0.1, -0.05) is 153 Å². The largest absolute Gasteiger partial charge is 0.397 e. The number of allylic oxidation sites excluding steroid dienone is 5. The van der Waals surface area contributed by atoms with Crippen LogP contribution in [0.15, 0.2) is 36.5 Å². The first-order valence-electron chi connectivity index (χ1n) is 22.0. The van der Waals surface area contributed by atoms with Gasteiger partial charge >= 0.3 is 10.4 Å². The van der Waals surface area contributed by atoms with E-state index in [-0.39, 0.29) is 6.42 Å². The molecule has 1 rings (SSSR count). The standard InChI is InChI=1S/C43H79NO12S/c1-3-5-7-9-11-13-14-15-16-17-18-19-20-21-22-23-24-26-28-30-32-37(47)42(50)44-35(36(46)31-29-27-25-12-10-8-6-4-2)34-54-43-40(49)41(56-57(51,52)53)39(48)38(33-45)55-43/h10,12,19-20,29,31,35-41,43,45-49H,3-9,11,13-18,21-28,30,32-34H2,1-2H3,(H,44,50)(H,51,52,53)/b12-10+,20-19-,31-29+. The zero-order valence-corrected chi connectivity index (χ0v) is 35.8. The summed E-state index contributed by atoms with van der Waals surface area (Å²) >= 11 is 0. The molecule has 0 aliphatic carbocycles. The van der Waals surface area contributed by atoms with Crippen molar-refractivity contribution in [3.05, 3.63) is 36.5 Å². The van der Waals surface area contributed by atoms with E-state index in [2.05, 4.69) is 47.7 Å². The van der Waals surface area contributed by atoms with Crippen LogP contribution >= 0.6 is 0 Å². The van der Waals surface area contributed by atoms with Crippen LogP contribution in [-0.2, 0) is 28.9 Å². The molecule has 7 N–H and O–H groups in total. The van der Waals surface area contributed by atoms with Crippen molar-refractivity contribution >= 4 is 16.3 Å². The van der Waals surface area contributed by atoms with Crippen molar-refractivity contribution in [2.75, 3.05) is 13.2 Å². The van der Waals surface area contributed by atoms with Crippen LogP contribution in [0.25, 0.3) is 0 Å². The lowest BCUT2D eigenvalue weighted by Gasteiger charge is -2.41. The molecule has 1 aliphatic rings. The number of unbranched alkanes of at least 4 members (excludes halogenated alkanes) is 19. The van der Waals surface area contributed by atoms with Gasteiger partial charge < -0.3 is 40.3 Å². The maximum atomic E-state index is 13.0. The third-order valence-corrected chi connectivity index (χ3v) is 10.7. The molecule has 0 saturated carbocycles. The molecular formula is C43H79NO12S. The summed E-state index contributed by atoms with van der Waals surface area (Å²) in [5.41, 5.74) is 0. The van der Waals surface area contributed by atoms with E-state index in [1.165, 1.54) is 70.3 Å². The first-order chi connectivity index (χ1) is 27.4. The summed E-state index contributed by atoms with van der Waals surface area (Å²) in [4.78, 5) is 13.0. The predicted molar refractivity (Wildman–Crippen MR) is 224 cm³/mol. The highest BCUT2D eigenvalue weighted by atomic mass is 32.3. The van der Waals surface area contributed by atoms with Crippen molar-refractivity contribution in [2.24, 2.45) is 0 Å². The molecule has 0 aromatic heterocycles. The molecule has 13 nitrogen and oxygen atoms in total. The molecular weight excluding hydrogens is 755 g/mol. The molecule has 14 heteroatoms. The molecule has 57 heavy (non-hydrogen) atoms. The van der Waals surface area contributed by atoms with E-state index in [1.807, 2.05) is 0 Å². The molecule has 0 radical (unpaired) electrons. The molecule has 1 amide bonds. The third kappa shape index (κ3) is 26.9. The first-order valence-corrected chi connectivity index (χ1v) is 23.3. The quantitative estimate of drug-likeness (QED) is 0.0195. The Hall–Kier alpha value is -1.72. The van der Waals surface area contributed by atoms with Crippen LogP contribution in [0.2, 0.25) is 0 Å². The number of hydrogen-bond donors (Lipinski definition) is 7. The minimum atomic E-state index is -5.12. The number of rotatable bonds is 36. The van der Waals surface area contributed by atoms with Crippen molar-refractivity contribution in [1.29, 1.82) is 0 Å². The van der Waals surface area contributed by atoms with Crippen molar-refractivity contribution in [3.63, 3.8) is 0 Å². The summed E-state index contributed by atoms with van der Waals surface area (Å²) in [6.07, 6.45) is 27.0. The summed E-state index contributed by atoms with van der Waals surface area (Å²) in [5, 5.41) is 54.8. The van der Waals surface area contributed by atoms with Gasteiger partial charge in [0.25, 0.3) is 0 Å². The number of hydrogen-bond acceptors (Lipinski definition) is 11. The highest BCUT2D eigenvalue weighted by molar-refractivity contribution is 7.80. The summed E-state index contributed by atoms with van der Waals surface area (Å²) < 4.78 is 47.3. The van der Waals surface area contributed by atoms with E-state index >= 15 is 0 Å². The average Bonchev–Trinajstić information content (AvgIpc) is 3.18. The zero-order chi connectivity index (χ0) is 42.2. The van der Waals surface area contributed by atoms with Gasteiger partial charge in [-0.15, -0.1) is 0 Å². The minimum absolute atomic E-state index is 0.229. The van der Waals surface area contributed by atoms with Crippen LogP contribution in [0.3, 0.4) is 0 Å². The Morgan fingerprint density at radius 3 is 1.74 bits per heavy atom. The van der Waals surface area contributed by atoms with Gasteiger partial charge in [-0.05, 0) is 51.4 Å². The van der Waals surface area contributed by atoms with Crippen LogP contribution in [0.4, 0.5) is 0 Å². The van der Waals surface area contributed by atoms with Crippen molar-refractivity contribution in [2.45, 2.75) is 217 Å². The molecule has 0 bridgehead atoms. The Morgan fingerprint density at radius 1 is 0.702 bits per heavy atom. The van der Waals surface area contributed by atoms with Crippen LogP contribution < -0.4 is 5.32 Å². The third-order valence-electron chi connectivity index (χ3n) is 10.3. The van der Waals surface area contributed by atoms with Gasteiger partial charge in [-0.3, -0.25) is 9.35 Å². The van der Waals surface area contributed by atoms with E-state index in [0.29, 0.717) is 12.8 Å². The monoisotopic (exact) mass is 834 g/mol. The van der Waals surface area contributed by atoms with Gasteiger partial charge in [0.1, 0.15) is 30.5 Å². The fourth-order valence-electron chi connectivity index (χ4n) is 6.69. The second kappa shape index (κ2) is 34.0. The van der Waals surface area contributed by atoms with Crippen molar-refractivity contribution < 1.29 is 57.0 Å². The van der Waals surface area contributed by atoms with Gasteiger partial charge in [0.2, 0.25) is 5.91 Å². The first kappa shape index (κ1) is 53.3. The van der Waals surface area contributed by atoms with Crippen LogP contribution in [-0.4, -0.2) is 107 Å². The minimum Gasteiger partial charge on any atom is -0.394 e. The van der Waals surface area contributed by atoms with Gasteiger partial charge in [-0.25, -0.2) is 4.18 Å². The van der Waals surface area contributed by atoms with E-state index in [4.69, 9.17) is 14.0 Å². The molecule has 0 aromatic carbocycles. The Morgan fingerprint density at radius 2 is 1.19 bits per heavy atom. The number of nitrogens with one attached hydrogen (secondary N) is 1. The molecule has 1 saturated heterocycles.